The van der Waals surface area contributed by atoms with Gasteiger partial charge in [-0.1, -0.05) is 18.1 Å². The van der Waals surface area contributed by atoms with Gasteiger partial charge in [0.05, 0.1) is 11.5 Å². The maximum absolute atomic E-state index is 11.3. The fourth-order valence-electron chi connectivity index (χ4n) is 1.87. The molecule has 0 unspecified atom stereocenters. The van der Waals surface area contributed by atoms with Gasteiger partial charge in [-0.3, -0.25) is 10.1 Å². The first-order valence-corrected chi connectivity index (χ1v) is 6.66. The molecule has 21 heavy (non-hydrogen) atoms. The summed E-state index contributed by atoms with van der Waals surface area (Å²) in [5.74, 6) is 0.911. The summed E-state index contributed by atoms with van der Waals surface area (Å²) in [5, 5.41) is 21.0. The Bertz CT molecular complexity index is 626. The Kier molecular flexibility index (Phi) is 4.70. The molecular weight excluding hydrogens is 274 g/mol. The molecule has 8 heteroatoms. The van der Waals surface area contributed by atoms with E-state index >= 15 is 0 Å². The third-order valence-corrected chi connectivity index (χ3v) is 2.78. The summed E-state index contributed by atoms with van der Waals surface area (Å²) < 4.78 is 4.97. The van der Waals surface area contributed by atoms with Gasteiger partial charge >= 0.3 is 5.69 Å². The number of nitro benzene ring substituents is 1. The summed E-state index contributed by atoms with van der Waals surface area (Å²) in [5.41, 5.74) is 0.924. The predicted octanol–water partition coefficient (Wildman–Crippen LogP) is 2.72. The Balaban J connectivity index is 2.19. The van der Waals surface area contributed by atoms with E-state index in [-0.39, 0.29) is 12.2 Å². The average Bonchev–Trinajstić information content (AvgIpc) is 2.88. The number of nitro groups is 1. The van der Waals surface area contributed by atoms with Crippen molar-refractivity contribution >= 4 is 17.1 Å². The minimum Gasteiger partial charge on any atom is -0.379 e. The number of aryl methyl sites for hydroxylation is 1. The lowest BCUT2D eigenvalue weighted by Gasteiger charge is -2.10. The SMILES string of the molecule is CCCNc1cccc(NCc2nc(C)no2)c1[N+](=O)[O-]. The summed E-state index contributed by atoms with van der Waals surface area (Å²) in [6.07, 6.45) is 0.885. The molecular formula is C13H17N5O3. The molecule has 0 aliphatic heterocycles. The van der Waals surface area contributed by atoms with Crippen LogP contribution in [0, 0.1) is 17.0 Å². The van der Waals surface area contributed by atoms with Crippen molar-refractivity contribution in [1.82, 2.24) is 10.1 Å². The van der Waals surface area contributed by atoms with Crippen molar-refractivity contribution in [3.8, 4) is 0 Å². The van der Waals surface area contributed by atoms with Gasteiger partial charge < -0.3 is 15.2 Å². The third-order valence-electron chi connectivity index (χ3n) is 2.78. The number of para-hydroxylation sites is 1. The topological polar surface area (TPSA) is 106 Å². The number of anilines is 2. The molecule has 2 rings (SSSR count). The highest BCUT2D eigenvalue weighted by Crippen LogP contribution is 2.33. The first-order chi connectivity index (χ1) is 10.1. The van der Waals surface area contributed by atoms with E-state index in [1.54, 1.807) is 25.1 Å². The maximum Gasteiger partial charge on any atom is 0.315 e. The minimum atomic E-state index is -0.403. The van der Waals surface area contributed by atoms with Crippen molar-refractivity contribution in [1.29, 1.82) is 0 Å². The molecule has 0 fully saturated rings. The van der Waals surface area contributed by atoms with E-state index < -0.39 is 4.92 Å². The van der Waals surface area contributed by atoms with Gasteiger partial charge in [0.25, 0.3) is 0 Å². The van der Waals surface area contributed by atoms with Crippen LogP contribution in [0.1, 0.15) is 25.1 Å². The number of nitrogens with one attached hydrogen (secondary N) is 2. The van der Waals surface area contributed by atoms with Crippen LogP contribution in [0.2, 0.25) is 0 Å². The van der Waals surface area contributed by atoms with Crippen LogP contribution in [0.15, 0.2) is 22.7 Å². The van der Waals surface area contributed by atoms with Crippen LogP contribution < -0.4 is 10.6 Å². The normalized spacial score (nSPS) is 10.4. The first kappa shape index (κ1) is 14.8. The molecule has 0 bridgehead atoms. The van der Waals surface area contributed by atoms with Crippen LogP contribution >= 0.6 is 0 Å². The van der Waals surface area contributed by atoms with Crippen LogP contribution in [-0.4, -0.2) is 21.6 Å². The van der Waals surface area contributed by atoms with Crippen LogP contribution in [0.5, 0.6) is 0 Å². The Morgan fingerprint density at radius 3 is 2.62 bits per heavy atom. The molecule has 1 heterocycles. The number of hydrogen-bond donors (Lipinski definition) is 2. The molecule has 1 aromatic heterocycles. The lowest BCUT2D eigenvalue weighted by Crippen LogP contribution is -2.07. The highest BCUT2D eigenvalue weighted by Gasteiger charge is 2.19. The largest absolute Gasteiger partial charge is 0.379 e. The fraction of sp³-hybridized carbons (Fsp3) is 0.385. The number of aromatic nitrogens is 2. The molecule has 8 nitrogen and oxygen atoms in total. The molecule has 2 aromatic rings. The maximum atomic E-state index is 11.3. The minimum absolute atomic E-state index is 0.0159. The standard InChI is InChI=1S/C13H17N5O3/c1-3-7-14-10-5-4-6-11(13(10)18(19)20)15-8-12-16-9(2)17-21-12/h4-6,14-15H,3,7-8H2,1-2H3. The molecule has 112 valence electrons. The lowest BCUT2D eigenvalue weighted by atomic mass is 10.2. The van der Waals surface area contributed by atoms with Gasteiger partial charge in [-0.25, -0.2) is 0 Å². The van der Waals surface area contributed by atoms with Crippen LogP contribution in [0.4, 0.5) is 17.1 Å². The van der Waals surface area contributed by atoms with Gasteiger partial charge in [0.15, 0.2) is 5.82 Å². The monoisotopic (exact) mass is 291 g/mol. The molecule has 2 N–H and O–H groups in total. The molecule has 0 spiro atoms. The van der Waals surface area contributed by atoms with Gasteiger partial charge in [0.1, 0.15) is 11.4 Å². The fourth-order valence-corrected chi connectivity index (χ4v) is 1.87. The Labute approximate surface area is 121 Å². The predicted molar refractivity (Wildman–Crippen MR) is 78.2 cm³/mol. The highest BCUT2D eigenvalue weighted by atomic mass is 16.6. The van der Waals surface area contributed by atoms with Crippen LogP contribution in [0.25, 0.3) is 0 Å². The van der Waals surface area contributed by atoms with Crippen molar-refractivity contribution in [2.45, 2.75) is 26.8 Å². The Hall–Kier alpha value is -2.64. The zero-order valence-corrected chi connectivity index (χ0v) is 11.9. The lowest BCUT2D eigenvalue weighted by molar-refractivity contribution is -0.383. The summed E-state index contributed by atoms with van der Waals surface area (Å²) in [6.45, 7) is 4.62. The van der Waals surface area contributed by atoms with Crippen molar-refractivity contribution in [3.63, 3.8) is 0 Å². The molecule has 1 aromatic carbocycles. The van der Waals surface area contributed by atoms with Crippen molar-refractivity contribution in [2.24, 2.45) is 0 Å². The van der Waals surface area contributed by atoms with E-state index in [9.17, 15) is 10.1 Å². The van der Waals surface area contributed by atoms with Gasteiger partial charge in [-0.05, 0) is 25.5 Å². The summed E-state index contributed by atoms with van der Waals surface area (Å²) in [4.78, 5) is 14.9. The second-order valence-corrected chi connectivity index (χ2v) is 4.47. The third kappa shape index (κ3) is 3.68. The van der Waals surface area contributed by atoms with E-state index in [2.05, 4.69) is 20.8 Å². The Morgan fingerprint density at radius 1 is 1.33 bits per heavy atom. The van der Waals surface area contributed by atoms with Crippen LogP contribution in [0.3, 0.4) is 0 Å². The van der Waals surface area contributed by atoms with Gasteiger partial charge in [0.2, 0.25) is 5.89 Å². The molecule has 0 saturated carbocycles. The second-order valence-electron chi connectivity index (χ2n) is 4.47. The molecule has 0 aliphatic carbocycles. The van der Waals surface area contributed by atoms with Gasteiger partial charge in [-0.15, -0.1) is 0 Å². The number of benzene rings is 1. The smallest absolute Gasteiger partial charge is 0.315 e. The van der Waals surface area contributed by atoms with Crippen molar-refractivity contribution < 1.29 is 9.45 Å². The highest BCUT2D eigenvalue weighted by molar-refractivity contribution is 5.76. The molecule has 0 amide bonds. The van der Waals surface area contributed by atoms with Crippen molar-refractivity contribution in [3.05, 3.63) is 40.0 Å². The van der Waals surface area contributed by atoms with Crippen molar-refractivity contribution in [2.75, 3.05) is 17.2 Å². The molecule has 0 atom stereocenters. The number of nitrogens with zero attached hydrogens (tertiary/aromatic N) is 3. The summed E-state index contributed by atoms with van der Waals surface area (Å²) in [6, 6.07) is 5.10. The molecule has 0 aliphatic rings. The van der Waals surface area contributed by atoms with E-state index in [0.29, 0.717) is 29.6 Å². The summed E-state index contributed by atoms with van der Waals surface area (Å²) in [7, 11) is 0. The van der Waals surface area contributed by atoms with E-state index in [4.69, 9.17) is 4.52 Å². The quantitative estimate of drug-likeness (QED) is 0.596. The van der Waals surface area contributed by atoms with E-state index in [0.717, 1.165) is 6.42 Å². The first-order valence-electron chi connectivity index (χ1n) is 6.66. The Morgan fingerprint density at radius 2 is 2.05 bits per heavy atom. The van der Waals surface area contributed by atoms with E-state index in [1.807, 2.05) is 6.92 Å². The van der Waals surface area contributed by atoms with Crippen LogP contribution in [-0.2, 0) is 6.54 Å². The average molecular weight is 291 g/mol. The summed E-state index contributed by atoms with van der Waals surface area (Å²) >= 11 is 0. The number of rotatable bonds is 7. The number of hydrogen-bond acceptors (Lipinski definition) is 7. The molecule has 0 saturated heterocycles. The van der Waals surface area contributed by atoms with E-state index in [1.165, 1.54) is 0 Å². The zero-order chi connectivity index (χ0) is 15.2. The van der Waals surface area contributed by atoms with Gasteiger partial charge in [-0.2, -0.15) is 4.98 Å². The molecule has 0 radical (unpaired) electrons. The van der Waals surface area contributed by atoms with Gasteiger partial charge in [0, 0.05) is 6.54 Å². The second kappa shape index (κ2) is 6.69. The zero-order valence-electron chi connectivity index (χ0n) is 11.9.